The molecule has 0 N–H and O–H groups in total. The number of para-hydroxylation sites is 4. The van der Waals surface area contributed by atoms with E-state index in [-0.39, 0.29) is 0 Å². The number of hydrogen-bond donors (Lipinski definition) is 0. The van der Waals surface area contributed by atoms with Gasteiger partial charge in [0.25, 0.3) is 0 Å². The third-order valence-corrected chi connectivity index (χ3v) is 28.8. The summed E-state index contributed by atoms with van der Waals surface area (Å²) in [4.78, 5) is 19.3. The molecule has 6 nitrogen and oxygen atoms in total. The van der Waals surface area contributed by atoms with Crippen molar-refractivity contribution in [3.05, 3.63) is 445 Å². The van der Waals surface area contributed by atoms with Crippen LogP contribution in [0.1, 0.15) is 44.5 Å². The van der Waals surface area contributed by atoms with Gasteiger partial charge < -0.3 is 8.80 Å². The van der Waals surface area contributed by atoms with Crippen molar-refractivity contribution in [3.8, 4) is 89.0 Å². The van der Waals surface area contributed by atoms with Gasteiger partial charge in [-0.1, -0.05) is 303 Å². The summed E-state index contributed by atoms with van der Waals surface area (Å²) in [7, 11) is 0. The summed E-state index contributed by atoms with van der Waals surface area (Å²) in [5, 5.41) is 19.7. The highest BCUT2D eigenvalue weighted by molar-refractivity contribution is 6.28. The van der Waals surface area contributed by atoms with Crippen LogP contribution >= 0.6 is 0 Å². The molecule has 26 aromatic rings. The van der Waals surface area contributed by atoms with Gasteiger partial charge in [0.2, 0.25) is 0 Å². The Balaban J connectivity index is 0.000000124. The number of aromatic nitrogens is 6. The first-order valence-electron chi connectivity index (χ1n) is 42.9. The molecule has 124 heavy (non-hydrogen) atoms. The minimum Gasteiger partial charge on any atom is -0.308 e. The molecular weight excluding hydrogens is 1500 g/mol. The minimum absolute atomic E-state index is 0.487. The van der Waals surface area contributed by atoms with Gasteiger partial charge in [0.1, 0.15) is 0 Å². The molecule has 0 bridgehead atoms. The summed E-state index contributed by atoms with van der Waals surface area (Å²) in [5.41, 5.74) is 41.2. The van der Waals surface area contributed by atoms with E-state index in [1.165, 1.54) is 231 Å². The first-order valence-corrected chi connectivity index (χ1v) is 42.9. The Morgan fingerprint density at radius 1 is 0.153 bits per heavy atom. The van der Waals surface area contributed by atoms with Gasteiger partial charge in [0, 0.05) is 89.4 Å². The lowest BCUT2D eigenvalue weighted by molar-refractivity contribution is 0.794. The van der Waals surface area contributed by atoms with E-state index in [0.717, 1.165) is 43.6 Å². The van der Waals surface area contributed by atoms with Crippen LogP contribution in [0.4, 0.5) is 0 Å². The summed E-state index contributed by atoms with van der Waals surface area (Å²) >= 11 is 0. The van der Waals surface area contributed by atoms with Crippen LogP contribution in [-0.2, 0) is 10.8 Å². The lowest BCUT2D eigenvalue weighted by Gasteiger charge is -2.31. The van der Waals surface area contributed by atoms with Crippen LogP contribution < -0.4 is 0 Å². The van der Waals surface area contributed by atoms with Gasteiger partial charge in [-0.2, -0.15) is 0 Å². The maximum absolute atomic E-state index is 4.91. The minimum atomic E-state index is -0.491. The van der Waals surface area contributed by atoms with E-state index in [2.05, 4.69) is 385 Å². The number of nitrogens with zero attached hydrogens (tertiary/aromatic N) is 6. The van der Waals surface area contributed by atoms with E-state index >= 15 is 0 Å². The van der Waals surface area contributed by atoms with E-state index in [4.69, 9.17) is 19.9 Å². The molecule has 0 unspecified atom stereocenters. The Labute approximate surface area is 710 Å². The normalized spacial score (nSPS) is 13.6. The molecule has 0 fully saturated rings. The van der Waals surface area contributed by atoms with E-state index < -0.39 is 10.8 Å². The average molecular weight is 1570 g/mol. The van der Waals surface area contributed by atoms with Crippen LogP contribution in [0.25, 0.3) is 230 Å². The molecule has 6 heterocycles. The van der Waals surface area contributed by atoms with E-state index in [9.17, 15) is 0 Å². The smallest absolute Gasteiger partial charge is 0.0971 e. The summed E-state index contributed by atoms with van der Waals surface area (Å²) in [5.74, 6) is 0. The first-order chi connectivity index (χ1) is 61.5. The van der Waals surface area contributed by atoms with Gasteiger partial charge in [0.05, 0.1) is 66.0 Å². The number of benzene rings is 20. The molecule has 568 valence electrons. The van der Waals surface area contributed by atoms with E-state index in [1.54, 1.807) is 18.6 Å². The van der Waals surface area contributed by atoms with Crippen LogP contribution in [-0.4, -0.2) is 28.7 Å². The Hall–Kier alpha value is -16.3. The fourth-order valence-corrected chi connectivity index (χ4v) is 23.8. The first kappa shape index (κ1) is 66.6. The van der Waals surface area contributed by atoms with Gasteiger partial charge in [-0.05, 0) is 228 Å². The molecule has 6 aromatic heterocycles. The number of hydrogen-bond acceptors (Lipinski definition) is 4. The number of rotatable bonds is 4. The second-order valence-electron chi connectivity index (χ2n) is 34.4. The second kappa shape index (κ2) is 24.3. The fourth-order valence-electron chi connectivity index (χ4n) is 23.8. The zero-order chi connectivity index (χ0) is 80.5. The van der Waals surface area contributed by atoms with Crippen molar-refractivity contribution >= 4 is 141 Å². The highest BCUT2D eigenvalue weighted by Gasteiger charge is 2.54. The zero-order valence-electron chi connectivity index (χ0n) is 66.8. The van der Waals surface area contributed by atoms with Crippen molar-refractivity contribution in [1.82, 2.24) is 28.7 Å². The molecule has 6 heteroatoms. The monoisotopic (exact) mass is 1570 g/mol. The summed E-state index contributed by atoms with van der Waals surface area (Å²) in [6.45, 7) is 0. The molecule has 0 atom stereocenters. The zero-order valence-corrected chi connectivity index (χ0v) is 66.8. The third kappa shape index (κ3) is 8.48. The highest BCUT2D eigenvalue weighted by atomic mass is 14.9. The van der Waals surface area contributed by atoms with Crippen molar-refractivity contribution in [2.24, 2.45) is 0 Å². The van der Waals surface area contributed by atoms with Crippen LogP contribution in [0, 0.1) is 0 Å². The lowest BCUT2D eigenvalue weighted by atomic mass is 9.70. The lowest BCUT2D eigenvalue weighted by Crippen LogP contribution is -2.26. The predicted molar refractivity (Wildman–Crippen MR) is 513 cm³/mol. The SMILES string of the molecule is c1ccc2c(c1)-c1ccccc1C21c2cc(-c3ccc4c(c3)c3ccccc3c3nccnc43)ccc2-c2ccc(-c3ccc4c(c3)c3cccc5c6ccccc6n4c53)cc21.c1ccc2c(c1)-c1ccccc1C21c2cc(-c3ccc4c5ccccc5c5nccnc5c4c3)ccc2-c2ccc(-c3ccc4c(c3)c3cccc5c6ccccc6n4c53)cc21. The van der Waals surface area contributed by atoms with Gasteiger partial charge in [0.15, 0.2) is 0 Å². The van der Waals surface area contributed by atoms with Crippen molar-refractivity contribution in [3.63, 3.8) is 0 Å². The molecule has 0 radical (unpaired) electrons. The van der Waals surface area contributed by atoms with Crippen molar-refractivity contribution in [2.45, 2.75) is 10.8 Å². The molecule has 0 saturated heterocycles. The largest absolute Gasteiger partial charge is 0.308 e. The Morgan fingerprint density at radius 3 is 0.790 bits per heavy atom. The fraction of sp³-hybridized carbons (Fsp3) is 0.0169. The molecule has 2 spiro atoms. The van der Waals surface area contributed by atoms with Gasteiger partial charge >= 0.3 is 0 Å². The molecule has 0 amide bonds. The molecule has 30 rings (SSSR count). The summed E-state index contributed by atoms with van der Waals surface area (Å²) < 4.78 is 4.93. The van der Waals surface area contributed by atoms with Gasteiger partial charge in [-0.15, -0.1) is 0 Å². The third-order valence-electron chi connectivity index (χ3n) is 28.8. The second-order valence-corrected chi connectivity index (χ2v) is 34.4. The van der Waals surface area contributed by atoms with Crippen molar-refractivity contribution in [2.75, 3.05) is 0 Å². The Bertz CT molecular complexity index is 8600. The van der Waals surface area contributed by atoms with Crippen LogP contribution in [0.5, 0.6) is 0 Å². The highest BCUT2D eigenvalue weighted by Crippen LogP contribution is 2.66. The molecule has 4 aliphatic carbocycles. The molecule has 0 aliphatic heterocycles. The maximum atomic E-state index is 4.91. The van der Waals surface area contributed by atoms with Crippen molar-refractivity contribution < 1.29 is 0 Å². The standard InChI is InChI=1S/2C59H33N3/c1-2-14-44-38(10-1)48-30-34(22-26-45(48)57-56(44)60-28-29-61-57)36-20-24-41-42-25-21-37(33-53(42)59(52(41)32-36)50-17-6-3-11-39(50)40-12-4-7-18-51(40)59)35-23-27-55-49(31-35)47-16-9-15-46-43-13-5-8-19-54(43)62(55)58(46)47;1-2-14-45-38(10-1)39-24-20-34(31-49(39)57-56(45)60-28-29-61-57)36-21-25-42-43-26-22-37(33-53(43)59(52(42)32-36)50-17-6-3-11-40(50)41-12-4-7-18-51(41)59)35-23-27-55-48(30-35)47-16-9-15-46-44-13-5-8-19-54(44)62(55)58(46)47/h2*1-33H. The van der Waals surface area contributed by atoms with Crippen LogP contribution in [0.2, 0.25) is 0 Å². The van der Waals surface area contributed by atoms with Crippen LogP contribution in [0.15, 0.2) is 401 Å². The molecule has 4 aliphatic rings. The van der Waals surface area contributed by atoms with Crippen LogP contribution in [0.3, 0.4) is 0 Å². The average Bonchev–Trinajstić information content (AvgIpc) is 1.51. The summed E-state index contributed by atoms with van der Waals surface area (Å²) in [6, 6.07) is 141. The maximum Gasteiger partial charge on any atom is 0.0971 e. The van der Waals surface area contributed by atoms with Gasteiger partial charge in [-0.25, -0.2) is 0 Å². The Morgan fingerprint density at radius 2 is 0.395 bits per heavy atom. The Kier molecular flexibility index (Phi) is 13.0. The molecular formula is C118H66N6. The van der Waals surface area contributed by atoms with Crippen molar-refractivity contribution in [1.29, 1.82) is 0 Å². The van der Waals surface area contributed by atoms with Gasteiger partial charge in [-0.3, -0.25) is 19.9 Å². The molecule has 20 aromatic carbocycles. The summed E-state index contributed by atoms with van der Waals surface area (Å²) in [6.07, 6.45) is 7.21. The topological polar surface area (TPSA) is 60.4 Å². The quantitative estimate of drug-likeness (QED) is 0.165. The van der Waals surface area contributed by atoms with E-state index in [1.807, 2.05) is 6.20 Å². The number of fused-ring (bicyclic) bond motifs is 44. The predicted octanol–water partition coefficient (Wildman–Crippen LogP) is 29.5. The molecule has 0 saturated carbocycles. The van der Waals surface area contributed by atoms with E-state index in [0.29, 0.717) is 0 Å².